The summed E-state index contributed by atoms with van der Waals surface area (Å²) in [4.78, 5) is 9.57. The van der Waals surface area contributed by atoms with Crippen LogP contribution in [0.3, 0.4) is 0 Å². The molecule has 8 heteroatoms. The first-order valence-corrected chi connectivity index (χ1v) is 8.30. The zero-order chi connectivity index (χ0) is 16.8. The molecule has 0 atom stereocenters. The van der Waals surface area contributed by atoms with Gasteiger partial charge in [0.2, 0.25) is 5.89 Å². The van der Waals surface area contributed by atoms with Gasteiger partial charge in [-0.15, -0.1) is 35.3 Å². The fourth-order valence-corrected chi connectivity index (χ4v) is 2.78. The highest BCUT2D eigenvalue weighted by Crippen LogP contribution is 2.23. The van der Waals surface area contributed by atoms with Gasteiger partial charge >= 0.3 is 0 Å². The third-order valence-electron chi connectivity index (χ3n) is 3.29. The molecule has 0 bridgehead atoms. The molecule has 0 fully saturated rings. The maximum atomic E-state index is 13.2. The second-order valence-electron chi connectivity index (χ2n) is 5.03. The molecule has 0 unspecified atom stereocenters. The van der Waals surface area contributed by atoms with Crippen molar-refractivity contribution in [2.24, 2.45) is 4.99 Å². The topological polar surface area (TPSA) is 62.5 Å². The molecule has 3 aromatic rings. The van der Waals surface area contributed by atoms with E-state index in [1.54, 1.807) is 30.7 Å². The van der Waals surface area contributed by atoms with Crippen molar-refractivity contribution in [3.63, 3.8) is 0 Å². The average Bonchev–Trinajstić information content (AvgIpc) is 3.26. The number of benzene rings is 1. The van der Waals surface area contributed by atoms with E-state index in [0.717, 1.165) is 16.1 Å². The Morgan fingerprint density at radius 3 is 2.80 bits per heavy atom. The lowest BCUT2D eigenvalue weighted by molar-refractivity contribution is 0.573. The van der Waals surface area contributed by atoms with Crippen LogP contribution >= 0.6 is 35.3 Å². The summed E-state index contributed by atoms with van der Waals surface area (Å²) in [5.41, 5.74) is 1.63. The first-order chi connectivity index (χ1) is 11.7. The van der Waals surface area contributed by atoms with Crippen LogP contribution in [0, 0.1) is 5.82 Å². The number of aromatic nitrogens is 1. The molecular weight excluding hydrogens is 454 g/mol. The van der Waals surface area contributed by atoms with Crippen LogP contribution in [0.25, 0.3) is 10.8 Å². The number of rotatable bonds is 5. The first-order valence-electron chi connectivity index (χ1n) is 7.42. The zero-order valence-corrected chi connectivity index (χ0v) is 16.7. The van der Waals surface area contributed by atoms with Crippen molar-refractivity contribution in [3.8, 4) is 10.8 Å². The van der Waals surface area contributed by atoms with Crippen LogP contribution in [0.2, 0.25) is 0 Å². The van der Waals surface area contributed by atoms with Gasteiger partial charge in [0.15, 0.2) is 5.96 Å². The van der Waals surface area contributed by atoms with Crippen LogP contribution in [0.4, 0.5) is 4.39 Å². The average molecular weight is 472 g/mol. The van der Waals surface area contributed by atoms with E-state index in [4.69, 9.17) is 4.42 Å². The Hall–Kier alpha value is -1.94. The van der Waals surface area contributed by atoms with Crippen LogP contribution in [0.15, 0.2) is 57.5 Å². The zero-order valence-electron chi connectivity index (χ0n) is 13.5. The maximum Gasteiger partial charge on any atom is 0.236 e. The predicted octanol–water partition coefficient (Wildman–Crippen LogP) is 4.03. The van der Waals surface area contributed by atoms with Crippen LogP contribution in [-0.4, -0.2) is 18.0 Å². The van der Waals surface area contributed by atoms with E-state index >= 15 is 0 Å². The monoisotopic (exact) mass is 472 g/mol. The number of thiophene rings is 1. The number of nitrogens with one attached hydrogen (secondary N) is 2. The molecule has 0 aliphatic carbocycles. The van der Waals surface area contributed by atoms with E-state index in [-0.39, 0.29) is 29.8 Å². The molecule has 0 saturated carbocycles. The molecule has 0 aliphatic heterocycles. The minimum absolute atomic E-state index is 0. The van der Waals surface area contributed by atoms with Crippen molar-refractivity contribution >= 4 is 41.3 Å². The van der Waals surface area contributed by atoms with Crippen LogP contribution < -0.4 is 10.6 Å². The normalized spacial score (nSPS) is 11.0. The molecule has 2 aromatic heterocycles. The van der Waals surface area contributed by atoms with Crippen LogP contribution in [-0.2, 0) is 13.1 Å². The summed E-state index contributed by atoms with van der Waals surface area (Å²) in [5.74, 6) is 0.977. The molecule has 0 spiro atoms. The van der Waals surface area contributed by atoms with E-state index in [9.17, 15) is 4.39 Å². The maximum absolute atomic E-state index is 13.2. The Morgan fingerprint density at radius 1 is 1.24 bits per heavy atom. The van der Waals surface area contributed by atoms with Gasteiger partial charge in [-0.05, 0) is 29.1 Å². The number of aliphatic imine (C=N–C) groups is 1. The van der Waals surface area contributed by atoms with Gasteiger partial charge in [-0.25, -0.2) is 9.37 Å². The summed E-state index contributed by atoms with van der Waals surface area (Å²) in [6.45, 7) is 0.967. The second-order valence-corrected chi connectivity index (χ2v) is 5.98. The lowest BCUT2D eigenvalue weighted by Crippen LogP contribution is -2.36. The van der Waals surface area contributed by atoms with Crippen LogP contribution in [0.1, 0.15) is 11.3 Å². The Bertz CT molecular complexity index is 820. The van der Waals surface area contributed by atoms with Crippen molar-refractivity contribution in [2.45, 2.75) is 13.1 Å². The summed E-state index contributed by atoms with van der Waals surface area (Å²) in [5, 5.41) is 8.27. The Kier molecular flexibility index (Phi) is 7.38. The number of guanidine groups is 1. The number of halogens is 2. The van der Waals surface area contributed by atoms with Crippen LogP contribution in [0.5, 0.6) is 0 Å². The molecule has 1 aromatic carbocycles. The third kappa shape index (κ3) is 5.53. The van der Waals surface area contributed by atoms with Crippen molar-refractivity contribution in [3.05, 3.63) is 65.1 Å². The fourth-order valence-electron chi connectivity index (χ4n) is 2.13. The summed E-state index contributed by atoms with van der Waals surface area (Å²) in [6, 6.07) is 10.4. The van der Waals surface area contributed by atoms with Gasteiger partial charge in [-0.3, -0.25) is 4.99 Å². The van der Waals surface area contributed by atoms with Gasteiger partial charge in [-0.1, -0.05) is 18.2 Å². The highest BCUT2D eigenvalue weighted by molar-refractivity contribution is 14.0. The molecular formula is C17H18FIN4OS. The minimum Gasteiger partial charge on any atom is -0.443 e. The van der Waals surface area contributed by atoms with E-state index in [2.05, 4.69) is 20.6 Å². The highest BCUT2D eigenvalue weighted by Gasteiger charge is 2.08. The lowest BCUT2D eigenvalue weighted by atomic mass is 10.2. The smallest absolute Gasteiger partial charge is 0.236 e. The van der Waals surface area contributed by atoms with Crippen molar-refractivity contribution < 1.29 is 8.81 Å². The van der Waals surface area contributed by atoms with E-state index in [0.29, 0.717) is 24.9 Å². The van der Waals surface area contributed by atoms with E-state index < -0.39 is 0 Å². The third-order valence-corrected chi connectivity index (χ3v) is 4.15. The summed E-state index contributed by atoms with van der Waals surface area (Å²) in [7, 11) is 1.68. The Labute approximate surface area is 166 Å². The van der Waals surface area contributed by atoms with Gasteiger partial charge in [0.05, 0.1) is 17.1 Å². The van der Waals surface area contributed by atoms with Crippen molar-refractivity contribution in [1.82, 2.24) is 15.6 Å². The summed E-state index contributed by atoms with van der Waals surface area (Å²) < 4.78 is 18.6. The van der Waals surface area contributed by atoms with Gasteiger partial charge in [0.25, 0.3) is 0 Å². The molecule has 0 aliphatic rings. The highest BCUT2D eigenvalue weighted by atomic mass is 127. The number of oxazole rings is 1. The van der Waals surface area contributed by atoms with E-state index in [1.807, 2.05) is 23.6 Å². The van der Waals surface area contributed by atoms with Crippen molar-refractivity contribution in [1.29, 1.82) is 0 Å². The summed E-state index contributed by atoms with van der Waals surface area (Å²) >= 11 is 1.58. The molecule has 5 nitrogen and oxygen atoms in total. The molecule has 25 heavy (non-hydrogen) atoms. The fraction of sp³-hybridized carbons (Fsp3) is 0.176. The van der Waals surface area contributed by atoms with E-state index in [1.165, 1.54) is 12.1 Å². The Balaban J connectivity index is 0.00000225. The van der Waals surface area contributed by atoms with Gasteiger partial charge in [0, 0.05) is 13.6 Å². The molecule has 2 N–H and O–H groups in total. The molecule has 0 amide bonds. The first kappa shape index (κ1) is 19.4. The minimum atomic E-state index is -0.249. The SMILES string of the molecule is CN=C(NCc1cccc(F)c1)NCc1coc(-c2cccs2)n1.I. The number of nitrogens with zero attached hydrogens (tertiary/aromatic N) is 2. The van der Waals surface area contributed by atoms with Gasteiger partial charge in [0.1, 0.15) is 12.1 Å². The lowest BCUT2D eigenvalue weighted by Gasteiger charge is -2.10. The van der Waals surface area contributed by atoms with Crippen molar-refractivity contribution in [2.75, 3.05) is 7.05 Å². The molecule has 0 saturated heterocycles. The number of hydrogen-bond donors (Lipinski definition) is 2. The largest absolute Gasteiger partial charge is 0.443 e. The Morgan fingerprint density at radius 2 is 2.08 bits per heavy atom. The van der Waals surface area contributed by atoms with Gasteiger partial charge < -0.3 is 15.1 Å². The standard InChI is InChI=1S/C17H17FN4OS.HI/c1-19-17(20-9-12-4-2-5-13(18)8-12)21-10-14-11-23-16(22-14)15-6-3-7-24-15;/h2-8,11H,9-10H2,1H3,(H2,19,20,21);1H. The summed E-state index contributed by atoms with van der Waals surface area (Å²) in [6.07, 6.45) is 1.63. The number of hydrogen-bond acceptors (Lipinski definition) is 4. The molecule has 3 rings (SSSR count). The second kappa shape index (κ2) is 9.52. The molecule has 132 valence electrons. The quantitative estimate of drug-likeness (QED) is 0.335. The predicted molar refractivity (Wildman–Crippen MR) is 109 cm³/mol. The molecule has 2 heterocycles. The van der Waals surface area contributed by atoms with Gasteiger partial charge in [-0.2, -0.15) is 0 Å². The molecule has 0 radical (unpaired) electrons.